The van der Waals surface area contributed by atoms with Crippen LogP contribution in [0.15, 0.2) is 42.5 Å². The SMILES string of the molecule is CCCCn1c(C(=O)Nc2ccc(OC)cc2OC)c(C)c2ccccc21. The van der Waals surface area contributed by atoms with Gasteiger partial charge in [-0.25, -0.2) is 0 Å². The lowest BCUT2D eigenvalue weighted by atomic mass is 10.1. The zero-order chi connectivity index (χ0) is 19.4. The lowest BCUT2D eigenvalue weighted by molar-refractivity contribution is 0.101. The summed E-state index contributed by atoms with van der Waals surface area (Å²) < 4.78 is 12.8. The summed E-state index contributed by atoms with van der Waals surface area (Å²) in [5.74, 6) is 1.11. The molecule has 1 N–H and O–H groups in total. The molecule has 0 saturated heterocycles. The van der Waals surface area contributed by atoms with E-state index < -0.39 is 0 Å². The maximum atomic E-state index is 13.2. The van der Waals surface area contributed by atoms with Gasteiger partial charge in [-0.05, 0) is 37.1 Å². The van der Waals surface area contributed by atoms with E-state index in [9.17, 15) is 4.79 Å². The number of anilines is 1. The first-order valence-corrected chi connectivity index (χ1v) is 9.21. The van der Waals surface area contributed by atoms with E-state index in [4.69, 9.17) is 9.47 Å². The fourth-order valence-electron chi connectivity index (χ4n) is 3.40. The first kappa shape index (κ1) is 18.8. The first-order valence-electron chi connectivity index (χ1n) is 9.21. The van der Waals surface area contributed by atoms with E-state index in [0.717, 1.165) is 35.9 Å². The Morgan fingerprint density at radius 1 is 1.11 bits per heavy atom. The van der Waals surface area contributed by atoms with Gasteiger partial charge in [-0.3, -0.25) is 4.79 Å². The number of aryl methyl sites for hydroxylation is 2. The van der Waals surface area contributed by atoms with Crippen molar-refractivity contribution < 1.29 is 14.3 Å². The summed E-state index contributed by atoms with van der Waals surface area (Å²) in [5, 5.41) is 4.12. The zero-order valence-electron chi connectivity index (χ0n) is 16.3. The number of hydrogen-bond acceptors (Lipinski definition) is 3. The molecule has 0 atom stereocenters. The number of benzene rings is 2. The number of aromatic nitrogens is 1. The molecule has 0 saturated carbocycles. The highest BCUT2D eigenvalue weighted by Gasteiger charge is 2.21. The van der Waals surface area contributed by atoms with Gasteiger partial charge in [-0.2, -0.15) is 0 Å². The van der Waals surface area contributed by atoms with Gasteiger partial charge in [0.05, 0.1) is 19.9 Å². The molecule has 3 aromatic rings. The molecule has 27 heavy (non-hydrogen) atoms. The van der Waals surface area contributed by atoms with Crippen LogP contribution in [-0.4, -0.2) is 24.7 Å². The van der Waals surface area contributed by atoms with Crippen molar-refractivity contribution in [1.82, 2.24) is 4.57 Å². The summed E-state index contributed by atoms with van der Waals surface area (Å²) in [4.78, 5) is 13.2. The summed E-state index contributed by atoms with van der Waals surface area (Å²) in [6.45, 7) is 4.97. The number of rotatable bonds is 7. The molecule has 5 heteroatoms. The molecule has 142 valence electrons. The Bertz CT molecular complexity index is 960. The second-order valence-electron chi connectivity index (χ2n) is 6.52. The number of methoxy groups -OCH3 is 2. The number of nitrogens with one attached hydrogen (secondary N) is 1. The van der Waals surface area contributed by atoms with Crippen molar-refractivity contribution in [2.24, 2.45) is 0 Å². The third-order valence-corrected chi connectivity index (χ3v) is 4.83. The molecule has 0 unspecified atom stereocenters. The van der Waals surface area contributed by atoms with Crippen LogP contribution in [-0.2, 0) is 6.54 Å². The Labute approximate surface area is 159 Å². The van der Waals surface area contributed by atoms with Gasteiger partial charge < -0.3 is 19.4 Å². The topological polar surface area (TPSA) is 52.5 Å². The molecule has 0 aliphatic heterocycles. The van der Waals surface area contributed by atoms with Crippen LogP contribution < -0.4 is 14.8 Å². The van der Waals surface area contributed by atoms with E-state index in [1.165, 1.54) is 0 Å². The predicted molar refractivity (Wildman–Crippen MR) is 109 cm³/mol. The molecule has 5 nitrogen and oxygen atoms in total. The van der Waals surface area contributed by atoms with Crippen molar-refractivity contribution in [2.75, 3.05) is 19.5 Å². The summed E-state index contributed by atoms with van der Waals surface area (Å²) in [6.07, 6.45) is 2.09. The molecule has 1 amide bonds. The van der Waals surface area contributed by atoms with Gasteiger partial charge in [0.25, 0.3) is 5.91 Å². The minimum absolute atomic E-state index is 0.136. The van der Waals surface area contributed by atoms with Crippen molar-refractivity contribution in [1.29, 1.82) is 0 Å². The Hall–Kier alpha value is -2.95. The Balaban J connectivity index is 2.02. The largest absolute Gasteiger partial charge is 0.497 e. The highest BCUT2D eigenvalue weighted by molar-refractivity contribution is 6.09. The highest BCUT2D eigenvalue weighted by atomic mass is 16.5. The molecule has 0 aliphatic carbocycles. The molecular formula is C22H26N2O3. The van der Waals surface area contributed by atoms with E-state index in [1.807, 2.05) is 19.1 Å². The number of hydrogen-bond donors (Lipinski definition) is 1. The van der Waals surface area contributed by atoms with E-state index in [2.05, 4.69) is 28.9 Å². The van der Waals surface area contributed by atoms with Crippen LogP contribution in [0.1, 0.15) is 35.8 Å². The van der Waals surface area contributed by atoms with Crippen LogP contribution in [0.5, 0.6) is 11.5 Å². The predicted octanol–water partition coefficient (Wildman–Crippen LogP) is 5.02. The smallest absolute Gasteiger partial charge is 0.272 e. The van der Waals surface area contributed by atoms with Gasteiger partial charge in [0.2, 0.25) is 0 Å². The van der Waals surface area contributed by atoms with Gasteiger partial charge in [0, 0.05) is 23.5 Å². The maximum absolute atomic E-state index is 13.2. The normalized spacial score (nSPS) is 10.8. The molecule has 1 heterocycles. The number of carbonyl (C=O) groups is 1. The number of ether oxygens (including phenoxy) is 2. The van der Waals surface area contributed by atoms with Gasteiger partial charge in [0.15, 0.2) is 0 Å². The molecule has 0 aliphatic rings. The average Bonchev–Trinajstić information content (AvgIpc) is 2.98. The molecule has 0 spiro atoms. The molecule has 0 bridgehead atoms. The van der Waals surface area contributed by atoms with Crippen LogP contribution in [0, 0.1) is 6.92 Å². The van der Waals surface area contributed by atoms with Crippen LogP contribution in [0.3, 0.4) is 0 Å². The molecule has 3 rings (SSSR count). The fraction of sp³-hybridized carbons (Fsp3) is 0.318. The van der Waals surface area contributed by atoms with Gasteiger partial charge in [-0.15, -0.1) is 0 Å². The van der Waals surface area contributed by atoms with Gasteiger partial charge >= 0.3 is 0 Å². The number of amides is 1. The Kier molecular flexibility index (Phi) is 5.69. The third kappa shape index (κ3) is 3.63. The van der Waals surface area contributed by atoms with Crippen molar-refractivity contribution in [3.05, 3.63) is 53.7 Å². The maximum Gasteiger partial charge on any atom is 0.272 e. The Morgan fingerprint density at radius 3 is 2.59 bits per heavy atom. The fourth-order valence-corrected chi connectivity index (χ4v) is 3.40. The number of unbranched alkanes of at least 4 members (excludes halogenated alkanes) is 1. The summed E-state index contributed by atoms with van der Waals surface area (Å²) in [5.41, 5.74) is 3.40. The molecule has 0 radical (unpaired) electrons. The molecule has 2 aromatic carbocycles. The highest BCUT2D eigenvalue weighted by Crippen LogP contribution is 2.31. The van der Waals surface area contributed by atoms with Crippen LogP contribution in [0.4, 0.5) is 5.69 Å². The van der Waals surface area contributed by atoms with E-state index in [-0.39, 0.29) is 5.91 Å². The Morgan fingerprint density at radius 2 is 1.89 bits per heavy atom. The third-order valence-electron chi connectivity index (χ3n) is 4.83. The quantitative estimate of drug-likeness (QED) is 0.639. The van der Waals surface area contributed by atoms with E-state index in [1.54, 1.807) is 32.4 Å². The second-order valence-corrected chi connectivity index (χ2v) is 6.52. The van der Waals surface area contributed by atoms with Crippen molar-refractivity contribution in [3.63, 3.8) is 0 Å². The summed E-state index contributed by atoms with van der Waals surface area (Å²) in [7, 11) is 3.18. The lowest BCUT2D eigenvalue weighted by Crippen LogP contribution is -2.18. The standard InChI is InChI=1S/C22H26N2O3/c1-5-6-13-24-19-10-8-7-9-17(19)15(2)21(24)22(25)23-18-12-11-16(26-3)14-20(18)27-4/h7-12,14H,5-6,13H2,1-4H3,(H,23,25). The van der Waals surface area contributed by atoms with Gasteiger partial charge in [0.1, 0.15) is 17.2 Å². The monoisotopic (exact) mass is 366 g/mol. The average molecular weight is 366 g/mol. The number of nitrogens with zero attached hydrogens (tertiary/aromatic N) is 1. The number of fused-ring (bicyclic) bond motifs is 1. The van der Waals surface area contributed by atoms with E-state index >= 15 is 0 Å². The van der Waals surface area contributed by atoms with Crippen molar-refractivity contribution in [2.45, 2.75) is 33.2 Å². The minimum Gasteiger partial charge on any atom is -0.497 e. The van der Waals surface area contributed by atoms with Gasteiger partial charge in [-0.1, -0.05) is 31.5 Å². The first-order chi connectivity index (χ1) is 13.1. The zero-order valence-corrected chi connectivity index (χ0v) is 16.3. The van der Waals surface area contributed by atoms with Crippen molar-refractivity contribution in [3.8, 4) is 11.5 Å². The summed E-state index contributed by atoms with van der Waals surface area (Å²) in [6, 6.07) is 13.5. The molecule has 1 aromatic heterocycles. The number of para-hydroxylation sites is 1. The van der Waals surface area contributed by atoms with Crippen molar-refractivity contribution >= 4 is 22.5 Å². The molecule has 0 fully saturated rings. The van der Waals surface area contributed by atoms with E-state index in [0.29, 0.717) is 22.9 Å². The molecular weight excluding hydrogens is 340 g/mol. The van der Waals surface area contributed by atoms with Crippen LogP contribution in [0.25, 0.3) is 10.9 Å². The number of carbonyl (C=O) groups excluding carboxylic acids is 1. The lowest BCUT2D eigenvalue weighted by Gasteiger charge is -2.14. The van der Waals surface area contributed by atoms with Crippen LogP contribution in [0.2, 0.25) is 0 Å². The second kappa shape index (κ2) is 8.16. The minimum atomic E-state index is -0.136. The van der Waals surface area contributed by atoms with Crippen LogP contribution >= 0.6 is 0 Å². The summed E-state index contributed by atoms with van der Waals surface area (Å²) >= 11 is 0.